The number of hydrogen-bond acceptors (Lipinski definition) is 8. The van der Waals surface area contributed by atoms with Gasteiger partial charge in [0.05, 0.1) is 29.4 Å². The highest BCUT2D eigenvalue weighted by Gasteiger charge is 2.18. The summed E-state index contributed by atoms with van der Waals surface area (Å²) < 4.78 is 9.15. The van der Waals surface area contributed by atoms with E-state index in [1.807, 2.05) is 42.6 Å². The highest BCUT2D eigenvalue weighted by Crippen LogP contribution is 2.31. The first-order valence-corrected chi connectivity index (χ1v) is 11.1. The van der Waals surface area contributed by atoms with E-state index in [0.717, 1.165) is 39.7 Å². The van der Waals surface area contributed by atoms with Crippen LogP contribution in [0, 0.1) is 11.3 Å². The largest absolute Gasteiger partial charge is 0.462 e. The first-order valence-electron chi connectivity index (χ1n) is 10.3. The van der Waals surface area contributed by atoms with Crippen LogP contribution in [0.2, 0.25) is 0 Å². The number of rotatable bonds is 7. The molecule has 0 saturated carbocycles. The van der Waals surface area contributed by atoms with Crippen molar-refractivity contribution >= 4 is 34.1 Å². The molecule has 0 spiro atoms. The number of pyridine rings is 1. The molecule has 0 radical (unpaired) electrons. The van der Waals surface area contributed by atoms with Gasteiger partial charge >= 0.3 is 5.97 Å². The van der Waals surface area contributed by atoms with E-state index in [2.05, 4.69) is 26.0 Å². The van der Waals surface area contributed by atoms with Crippen molar-refractivity contribution in [2.75, 3.05) is 11.9 Å². The lowest BCUT2D eigenvalue weighted by Crippen LogP contribution is -2.11. The van der Waals surface area contributed by atoms with Crippen LogP contribution in [-0.4, -0.2) is 27.1 Å². The van der Waals surface area contributed by atoms with Crippen LogP contribution in [0.4, 0.5) is 5.69 Å². The van der Waals surface area contributed by atoms with E-state index in [1.54, 1.807) is 19.2 Å². The number of nitrogens with zero attached hydrogens (tertiary/aromatic N) is 4. The minimum Gasteiger partial charge on any atom is -0.462 e. The molecule has 4 rings (SSSR count). The van der Waals surface area contributed by atoms with E-state index in [4.69, 9.17) is 4.74 Å². The molecule has 2 aromatic carbocycles. The number of esters is 1. The van der Waals surface area contributed by atoms with E-state index in [-0.39, 0.29) is 6.61 Å². The van der Waals surface area contributed by atoms with Crippen molar-refractivity contribution in [3.05, 3.63) is 70.2 Å². The van der Waals surface area contributed by atoms with Gasteiger partial charge < -0.3 is 10.1 Å². The number of fused-ring (bicyclic) bond motifs is 1. The fourth-order valence-electron chi connectivity index (χ4n) is 3.54. The summed E-state index contributed by atoms with van der Waals surface area (Å²) in [7, 11) is 0. The number of aryl methyl sites for hydroxylation is 1. The molecule has 0 aliphatic heterocycles. The molecule has 2 aromatic heterocycles. The maximum absolute atomic E-state index is 12.6. The number of aromatic nitrogens is 3. The molecule has 0 fully saturated rings. The van der Waals surface area contributed by atoms with Gasteiger partial charge in [-0.15, -0.1) is 5.10 Å². The molecule has 0 bridgehead atoms. The Morgan fingerprint density at radius 1 is 1.22 bits per heavy atom. The van der Waals surface area contributed by atoms with Crippen LogP contribution in [0.15, 0.2) is 48.0 Å². The quantitative estimate of drug-likeness (QED) is 0.402. The molecule has 0 amide bonds. The first-order chi connectivity index (χ1) is 15.6. The van der Waals surface area contributed by atoms with E-state index in [0.29, 0.717) is 23.4 Å². The van der Waals surface area contributed by atoms with Gasteiger partial charge in [-0.1, -0.05) is 35.7 Å². The van der Waals surface area contributed by atoms with Crippen molar-refractivity contribution in [1.82, 2.24) is 14.6 Å². The molecule has 0 saturated heterocycles. The molecule has 1 N–H and O–H groups in total. The van der Waals surface area contributed by atoms with Gasteiger partial charge in [-0.05, 0) is 48.1 Å². The van der Waals surface area contributed by atoms with Crippen molar-refractivity contribution in [1.29, 1.82) is 5.26 Å². The van der Waals surface area contributed by atoms with Gasteiger partial charge in [-0.3, -0.25) is 4.98 Å². The van der Waals surface area contributed by atoms with Crippen LogP contribution in [0.3, 0.4) is 0 Å². The fraction of sp³-hybridized carbons (Fsp3) is 0.208. The third-order valence-corrected chi connectivity index (χ3v) is 5.64. The number of ether oxygens (including phenoxy) is 1. The van der Waals surface area contributed by atoms with Crippen molar-refractivity contribution in [3.63, 3.8) is 0 Å². The molecular formula is C24H21N5O2S. The van der Waals surface area contributed by atoms with Crippen molar-refractivity contribution < 1.29 is 9.53 Å². The second-order valence-corrected chi connectivity index (χ2v) is 7.71. The number of nitrogens with one attached hydrogen (secondary N) is 1. The van der Waals surface area contributed by atoms with Crippen LogP contribution < -0.4 is 5.32 Å². The molecule has 8 heteroatoms. The van der Waals surface area contributed by atoms with Crippen LogP contribution in [0.25, 0.3) is 22.2 Å². The van der Waals surface area contributed by atoms with Gasteiger partial charge in [0.25, 0.3) is 0 Å². The SMILES string of the molecule is CCOC(=O)c1cnc2c(CC)cc(C#N)cc2c1NCc1ccc(-c2csnn2)cc1. The first kappa shape index (κ1) is 21.4. The molecule has 32 heavy (non-hydrogen) atoms. The topological polar surface area (TPSA) is 101 Å². The lowest BCUT2D eigenvalue weighted by molar-refractivity contribution is 0.0527. The Balaban J connectivity index is 1.72. The van der Waals surface area contributed by atoms with Crippen LogP contribution in [0.1, 0.15) is 40.9 Å². The summed E-state index contributed by atoms with van der Waals surface area (Å²) in [5.41, 5.74) is 6.10. The lowest BCUT2D eigenvalue weighted by atomic mass is 10.0. The zero-order chi connectivity index (χ0) is 22.5. The Morgan fingerprint density at radius 3 is 2.69 bits per heavy atom. The Labute approximate surface area is 189 Å². The summed E-state index contributed by atoms with van der Waals surface area (Å²) in [4.78, 5) is 17.2. The molecule has 4 aromatic rings. The smallest absolute Gasteiger partial charge is 0.341 e. The fourth-order valence-corrected chi connectivity index (χ4v) is 4.00. The monoisotopic (exact) mass is 443 g/mol. The Kier molecular flexibility index (Phi) is 6.38. The predicted octanol–water partition coefficient (Wildman–Crippen LogP) is 4.98. The lowest BCUT2D eigenvalue weighted by Gasteiger charge is -2.16. The highest BCUT2D eigenvalue weighted by molar-refractivity contribution is 7.03. The van der Waals surface area contributed by atoms with Crippen molar-refractivity contribution in [2.45, 2.75) is 26.8 Å². The van der Waals surface area contributed by atoms with Crippen LogP contribution in [0.5, 0.6) is 0 Å². The third-order valence-electron chi connectivity index (χ3n) is 5.13. The summed E-state index contributed by atoms with van der Waals surface area (Å²) >= 11 is 1.32. The summed E-state index contributed by atoms with van der Waals surface area (Å²) in [5, 5.41) is 19.6. The van der Waals surface area contributed by atoms with Gasteiger partial charge in [0.15, 0.2) is 0 Å². The molecule has 2 heterocycles. The minimum absolute atomic E-state index is 0.266. The van der Waals surface area contributed by atoms with Crippen LogP contribution in [-0.2, 0) is 17.7 Å². The minimum atomic E-state index is -0.448. The average molecular weight is 444 g/mol. The second kappa shape index (κ2) is 9.54. The molecule has 0 unspecified atom stereocenters. The molecule has 0 aliphatic carbocycles. The van der Waals surface area contributed by atoms with E-state index in [9.17, 15) is 10.1 Å². The van der Waals surface area contributed by atoms with E-state index >= 15 is 0 Å². The molecule has 0 atom stereocenters. The normalized spacial score (nSPS) is 10.7. The number of nitriles is 1. The maximum Gasteiger partial charge on any atom is 0.341 e. The number of benzene rings is 2. The number of anilines is 1. The summed E-state index contributed by atoms with van der Waals surface area (Å²) in [6, 6.07) is 13.8. The number of hydrogen-bond donors (Lipinski definition) is 1. The molecule has 160 valence electrons. The zero-order valence-corrected chi connectivity index (χ0v) is 18.6. The second-order valence-electron chi connectivity index (χ2n) is 7.10. The van der Waals surface area contributed by atoms with Gasteiger partial charge in [-0.2, -0.15) is 5.26 Å². The summed E-state index contributed by atoms with van der Waals surface area (Å²) in [5.74, 6) is -0.448. The Hall–Kier alpha value is -3.83. The number of carbonyl (C=O) groups is 1. The summed E-state index contributed by atoms with van der Waals surface area (Å²) in [6.07, 6.45) is 2.27. The molecule has 0 aliphatic rings. The summed E-state index contributed by atoms with van der Waals surface area (Å²) in [6.45, 7) is 4.53. The van der Waals surface area contributed by atoms with Crippen LogP contribution >= 0.6 is 11.5 Å². The maximum atomic E-state index is 12.6. The molecular weight excluding hydrogens is 422 g/mol. The average Bonchev–Trinajstić information content (AvgIpc) is 3.37. The van der Waals surface area contributed by atoms with Crippen molar-refractivity contribution in [2.24, 2.45) is 0 Å². The van der Waals surface area contributed by atoms with Gasteiger partial charge in [0.2, 0.25) is 0 Å². The highest BCUT2D eigenvalue weighted by atomic mass is 32.1. The predicted molar refractivity (Wildman–Crippen MR) is 124 cm³/mol. The standard InChI is InChI=1S/C24H21N5O2S/c1-3-17-9-16(11-25)10-19-22(17)27-13-20(24(30)31-4-2)23(19)26-12-15-5-7-18(8-6-15)21-14-32-29-28-21/h5-10,13-14H,3-4,12H2,1-2H3,(H,26,27). The van der Waals surface area contributed by atoms with E-state index in [1.165, 1.54) is 11.5 Å². The Bertz CT molecular complexity index is 1290. The van der Waals surface area contributed by atoms with Gasteiger partial charge in [-0.25, -0.2) is 4.79 Å². The van der Waals surface area contributed by atoms with E-state index < -0.39 is 5.97 Å². The Morgan fingerprint density at radius 2 is 2.03 bits per heavy atom. The van der Waals surface area contributed by atoms with Crippen molar-refractivity contribution in [3.8, 4) is 17.3 Å². The zero-order valence-electron chi connectivity index (χ0n) is 17.8. The number of carbonyl (C=O) groups excluding carboxylic acids is 1. The third kappa shape index (κ3) is 4.29. The van der Waals surface area contributed by atoms with Gasteiger partial charge in [0, 0.05) is 29.1 Å². The molecule has 7 nitrogen and oxygen atoms in total. The van der Waals surface area contributed by atoms with Gasteiger partial charge in [0.1, 0.15) is 11.3 Å².